The monoisotopic (exact) mass is 379 g/mol. The van der Waals surface area contributed by atoms with Crippen molar-refractivity contribution in [1.29, 1.82) is 0 Å². The van der Waals surface area contributed by atoms with Crippen LogP contribution in [0.1, 0.15) is 6.99 Å². The van der Waals surface area contributed by atoms with Gasteiger partial charge in [-0.25, -0.2) is 16.8 Å². The smallest absolute Gasteiger partial charge is 1.00 e. The molecule has 14 heteroatoms. The molecule has 0 N–H and O–H groups in total. The van der Waals surface area contributed by atoms with Crippen LogP contribution in [0.15, 0.2) is 30.3 Å². The number of hydrogen-bond donors (Lipinski definition) is 1. The molecule has 1 aromatic rings. The topological polar surface area (TPSA) is 71.5 Å². The number of rotatable bonds is 4. The van der Waals surface area contributed by atoms with Crippen LogP contribution in [0.5, 0.6) is 0 Å². The van der Waals surface area contributed by atoms with E-state index in [4.69, 9.17) is 0 Å². The van der Waals surface area contributed by atoms with Crippen molar-refractivity contribution in [3.63, 3.8) is 0 Å². The summed E-state index contributed by atoms with van der Waals surface area (Å²) in [7, 11) is -12.9. The van der Waals surface area contributed by atoms with E-state index in [0.717, 1.165) is 12.1 Å². The predicted molar refractivity (Wildman–Crippen MR) is 66.2 cm³/mol. The van der Waals surface area contributed by atoms with Crippen molar-refractivity contribution in [1.82, 2.24) is 3.12 Å². The predicted octanol–water partition coefficient (Wildman–Crippen LogP) is -0.821. The Morgan fingerprint density at radius 3 is 1.68 bits per heavy atom. The second-order valence-electron chi connectivity index (χ2n) is 3.52. The minimum absolute atomic E-state index is 0. The summed E-state index contributed by atoms with van der Waals surface area (Å²) >= 11 is 2.59. The number of thiol groups is 1. The first-order valence-corrected chi connectivity index (χ1v) is 8.03. The molecule has 0 unspecified atom stereocenters. The third-order valence-corrected chi connectivity index (χ3v) is 6.90. The molecular weight excluding hydrogens is 372 g/mol. The number of hydrogen-bond acceptors (Lipinski definition) is 5. The summed E-state index contributed by atoms with van der Waals surface area (Å²) in [6.45, 7) is 0. The van der Waals surface area contributed by atoms with Gasteiger partial charge in [0, 0.05) is 5.56 Å². The third-order valence-electron chi connectivity index (χ3n) is 2.14. The summed E-state index contributed by atoms with van der Waals surface area (Å²) in [6, 6.07) is 4.47. The van der Waals surface area contributed by atoms with Gasteiger partial charge in [0.1, 0.15) is 0 Å². The van der Waals surface area contributed by atoms with Crippen LogP contribution in [0.25, 0.3) is 0 Å². The molecule has 122 valence electrons. The average molecular weight is 379 g/mol. The Bertz CT molecular complexity index is 726. The normalized spacial score (nSPS) is 13.8. The first-order chi connectivity index (χ1) is 9.26. The molecule has 0 saturated carbocycles. The van der Waals surface area contributed by atoms with Crippen molar-refractivity contribution in [2.75, 3.05) is 0 Å². The van der Waals surface area contributed by atoms with Crippen LogP contribution < -0.4 is 18.9 Å². The second kappa shape index (κ2) is 6.66. The Balaban J connectivity index is 0. The molecule has 5 nitrogen and oxygen atoms in total. The van der Waals surface area contributed by atoms with E-state index in [9.17, 15) is 38.8 Å². The van der Waals surface area contributed by atoms with E-state index in [1.165, 1.54) is 6.07 Å². The maximum atomic E-state index is 13.8. The minimum atomic E-state index is -6.60. The van der Waals surface area contributed by atoms with E-state index in [1.54, 1.807) is 0 Å². The van der Waals surface area contributed by atoms with Gasteiger partial charge in [-0.15, -0.1) is 0 Å². The molecule has 0 heterocycles. The zero-order valence-corrected chi connectivity index (χ0v) is 13.1. The molecular formula is C8H7F5LiNO4S3. The Labute approximate surface area is 141 Å². The fraction of sp³-hybridized carbons (Fsp3) is 0.250. The van der Waals surface area contributed by atoms with Gasteiger partial charge in [-0.2, -0.15) is 22.0 Å². The number of nitrogens with zero attached hydrogens (tertiary/aromatic N) is 1. The van der Waals surface area contributed by atoms with Gasteiger partial charge in [-0.05, 0) is 3.12 Å². The molecule has 0 aromatic heterocycles. The molecule has 1 aromatic carbocycles. The summed E-state index contributed by atoms with van der Waals surface area (Å²) in [5.41, 5.74) is -7.31. The van der Waals surface area contributed by atoms with Crippen molar-refractivity contribution in [2.45, 2.75) is 10.8 Å². The van der Waals surface area contributed by atoms with Crippen molar-refractivity contribution in [3.05, 3.63) is 35.9 Å². The molecule has 0 atom stereocenters. The summed E-state index contributed by atoms with van der Waals surface area (Å²) in [5, 5.41) is -4.92. The van der Waals surface area contributed by atoms with Gasteiger partial charge in [-0.3, -0.25) is 0 Å². The first-order valence-electron chi connectivity index (χ1n) is 4.75. The van der Waals surface area contributed by atoms with E-state index in [2.05, 4.69) is 12.8 Å². The van der Waals surface area contributed by atoms with Gasteiger partial charge in [-0.1, -0.05) is 43.1 Å². The number of alkyl halides is 5. The molecule has 0 fully saturated rings. The third kappa shape index (κ3) is 3.60. The maximum absolute atomic E-state index is 13.8. The second-order valence-corrected chi connectivity index (χ2v) is 8.30. The quantitative estimate of drug-likeness (QED) is 0.422. The summed E-state index contributed by atoms with van der Waals surface area (Å²) in [5.74, 6) is 0. The van der Waals surface area contributed by atoms with Gasteiger partial charge in [0.25, 0.3) is 0 Å². The standard InChI is InChI=1S/C8H6F5NO4S3.Li.H/c9-7(10,6-4-2-1-3-5-6)20(15,16)14(19)21(17,18)8(11,12)13;;/h1-5,19H;;/q;+1;-1. The van der Waals surface area contributed by atoms with Gasteiger partial charge in [0.05, 0.1) is 0 Å². The number of benzene rings is 1. The first kappa shape index (κ1) is 21.7. The minimum Gasteiger partial charge on any atom is -1.00 e. The molecule has 0 aliphatic carbocycles. The molecule has 0 aliphatic rings. The van der Waals surface area contributed by atoms with Crippen LogP contribution in [0, 0.1) is 0 Å². The van der Waals surface area contributed by atoms with Crippen molar-refractivity contribution >= 4 is 32.9 Å². The molecule has 0 spiro atoms. The molecule has 0 bridgehead atoms. The number of sulfonamides is 2. The fourth-order valence-corrected chi connectivity index (χ4v) is 4.06. The summed E-state index contributed by atoms with van der Waals surface area (Å²) in [4.78, 5) is 0. The zero-order valence-electron chi connectivity index (χ0n) is 11.6. The Kier molecular flexibility index (Phi) is 6.56. The van der Waals surface area contributed by atoms with E-state index < -0.39 is 39.5 Å². The fourth-order valence-electron chi connectivity index (χ4n) is 1.10. The summed E-state index contributed by atoms with van der Waals surface area (Å²) in [6.07, 6.45) is 0. The van der Waals surface area contributed by atoms with Gasteiger partial charge < -0.3 is 1.43 Å². The van der Waals surface area contributed by atoms with Gasteiger partial charge >= 0.3 is 49.7 Å². The van der Waals surface area contributed by atoms with E-state index >= 15 is 0 Å². The van der Waals surface area contributed by atoms with Crippen LogP contribution in [-0.4, -0.2) is 25.5 Å². The van der Waals surface area contributed by atoms with Crippen LogP contribution in [-0.2, 0) is 25.3 Å². The van der Waals surface area contributed by atoms with E-state index in [-0.39, 0.29) is 20.3 Å². The Morgan fingerprint density at radius 1 is 0.909 bits per heavy atom. The maximum Gasteiger partial charge on any atom is 1.00 e. The molecule has 0 saturated heterocycles. The van der Waals surface area contributed by atoms with Crippen LogP contribution in [0.2, 0.25) is 0 Å². The van der Waals surface area contributed by atoms with Crippen LogP contribution in [0.3, 0.4) is 0 Å². The zero-order chi connectivity index (χ0) is 16.7. The number of halogens is 5. The SMILES string of the molecule is O=S(=O)(N(S)S(=O)(=O)C(F)(F)c1ccccc1)C(F)(F)F.[H-].[Li+]. The average Bonchev–Trinajstić information content (AvgIpc) is 2.37. The molecule has 22 heavy (non-hydrogen) atoms. The van der Waals surface area contributed by atoms with Crippen molar-refractivity contribution in [2.24, 2.45) is 0 Å². The molecule has 0 radical (unpaired) electrons. The van der Waals surface area contributed by atoms with Crippen molar-refractivity contribution < 1.29 is 59.1 Å². The van der Waals surface area contributed by atoms with E-state index in [0.29, 0.717) is 12.1 Å². The summed E-state index contributed by atoms with van der Waals surface area (Å²) < 4.78 is 107. The van der Waals surface area contributed by atoms with Gasteiger partial charge in [0.15, 0.2) is 0 Å². The largest absolute Gasteiger partial charge is 1.00 e. The molecule has 0 amide bonds. The molecule has 1 rings (SSSR count). The Hall–Kier alpha value is -0.323. The van der Waals surface area contributed by atoms with Crippen LogP contribution >= 0.6 is 12.8 Å². The van der Waals surface area contributed by atoms with Gasteiger partial charge in [0.2, 0.25) is 0 Å². The van der Waals surface area contributed by atoms with Crippen LogP contribution in [0.4, 0.5) is 22.0 Å². The molecule has 0 aliphatic heterocycles. The van der Waals surface area contributed by atoms with Crippen molar-refractivity contribution in [3.8, 4) is 0 Å². The van der Waals surface area contributed by atoms with E-state index in [1.807, 2.05) is 0 Å². The Morgan fingerprint density at radius 2 is 1.32 bits per heavy atom.